The van der Waals surface area contributed by atoms with Crippen molar-refractivity contribution in [3.8, 4) is 0 Å². The number of hydrogen-bond acceptors (Lipinski definition) is 2. The molecule has 0 saturated heterocycles. The minimum atomic E-state index is -1.19. The van der Waals surface area contributed by atoms with E-state index in [1.165, 1.54) is 0 Å². The number of aliphatic carboxylic acids is 1. The molecule has 116 valence electrons. The average Bonchev–Trinajstić information content (AvgIpc) is 2.70. The number of carbonyl (C=O) groups excluding carboxylic acids is 1. The van der Waals surface area contributed by atoms with E-state index in [0.717, 1.165) is 19.3 Å². The molecule has 0 spiro atoms. The highest BCUT2D eigenvalue weighted by molar-refractivity contribution is 5.85. The van der Waals surface area contributed by atoms with Crippen LogP contribution >= 0.6 is 0 Å². The summed E-state index contributed by atoms with van der Waals surface area (Å²) in [5.74, 6) is 0.121. The van der Waals surface area contributed by atoms with Crippen molar-refractivity contribution in [2.24, 2.45) is 11.8 Å². The SMILES string of the molecule is CCCC(C)(NC(=O)NC1CCC(CC)C1C)C(=O)O. The summed E-state index contributed by atoms with van der Waals surface area (Å²) in [6.07, 6.45) is 4.37. The van der Waals surface area contributed by atoms with E-state index < -0.39 is 11.5 Å². The summed E-state index contributed by atoms with van der Waals surface area (Å²) >= 11 is 0. The van der Waals surface area contributed by atoms with Gasteiger partial charge in [0.1, 0.15) is 5.54 Å². The van der Waals surface area contributed by atoms with E-state index in [2.05, 4.69) is 24.5 Å². The predicted octanol–water partition coefficient (Wildman–Crippen LogP) is 2.75. The van der Waals surface area contributed by atoms with E-state index in [4.69, 9.17) is 0 Å². The molecule has 20 heavy (non-hydrogen) atoms. The second-order valence-electron chi connectivity index (χ2n) is 6.20. The number of rotatable bonds is 6. The van der Waals surface area contributed by atoms with Crippen LogP contribution in [0.5, 0.6) is 0 Å². The van der Waals surface area contributed by atoms with Crippen molar-refractivity contribution in [3.05, 3.63) is 0 Å². The molecule has 0 aromatic heterocycles. The van der Waals surface area contributed by atoms with Gasteiger partial charge in [-0.3, -0.25) is 0 Å². The third-order valence-corrected chi connectivity index (χ3v) is 4.68. The Bertz CT molecular complexity index is 359. The first kappa shape index (κ1) is 16.8. The van der Waals surface area contributed by atoms with Gasteiger partial charge in [0.25, 0.3) is 0 Å². The third kappa shape index (κ3) is 3.87. The molecule has 1 rings (SSSR count). The number of carbonyl (C=O) groups is 2. The Morgan fingerprint density at radius 3 is 2.40 bits per heavy atom. The molecule has 1 saturated carbocycles. The highest BCUT2D eigenvalue weighted by Gasteiger charge is 2.36. The minimum absolute atomic E-state index is 0.152. The molecule has 2 amide bonds. The van der Waals surface area contributed by atoms with Crippen molar-refractivity contribution in [3.63, 3.8) is 0 Å². The fourth-order valence-corrected chi connectivity index (χ4v) is 3.21. The molecule has 1 aliphatic rings. The molecule has 0 bridgehead atoms. The van der Waals surface area contributed by atoms with Gasteiger partial charge in [0.2, 0.25) is 0 Å². The lowest BCUT2D eigenvalue weighted by atomic mass is 9.93. The van der Waals surface area contributed by atoms with E-state index in [1.807, 2.05) is 6.92 Å². The number of hydrogen-bond donors (Lipinski definition) is 3. The molecule has 4 unspecified atom stereocenters. The summed E-state index contributed by atoms with van der Waals surface area (Å²) in [6, 6.07) is -0.212. The van der Waals surface area contributed by atoms with Crippen LogP contribution in [0.1, 0.15) is 59.8 Å². The van der Waals surface area contributed by atoms with Crippen LogP contribution in [0.3, 0.4) is 0 Å². The Hall–Kier alpha value is -1.26. The lowest BCUT2D eigenvalue weighted by Gasteiger charge is -2.28. The number of urea groups is 1. The highest BCUT2D eigenvalue weighted by atomic mass is 16.4. The number of carboxylic acid groups (broad SMARTS) is 1. The average molecular weight is 284 g/mol. The van der Waals surface area contributed by atoms with Crippen LogP contribution in [-0.4, -0.2) is 28.7 Å². The molecule has 0 radical (unpaired) electrons. The summed E-state index contributed by atoms with van der Waals surface area (Å²) in [6.45, 7) is 7.80. The van der Waals surface area contributed by atoms with Gasteiger partial charge in [0.15, 0.2) is 0 Å². The van der Waals surface area contributed by atoms with Crippen molar-refractivity contribution in [2.45, 2.75) is 71.4 Å². The van der Waals surface area contributed by atoms with Crippen molar-refractivity contribution >= 4 is 12.0 Å². The zero-order valence-corrected chi connectivity index (χ0v) is 13.0. The number of nitrogens with one attached hydrogen (secondary N) is 2. The van der Waals surface area contributed by atoms with E-state index in [1.54, 1.807) is 6.92 Å². The van der Waals surface area contributed by atoms with Gasteiger partial charge < -0.3 is 15.7 Å². The molecule has 0 aromatic rings. The van der Waals surface area contributed by atoms with Crippen molar-refractivity contribution in [1.82, 2.24) is 10.6 Å². The van der Waals surface area contributed by atoms with Crippen LogP contribution in [-0.2, 0) is 4.79 Å². The first-order valence-electron chi connectivity index (χ1n) is 7.66. The first-order valence-corrected chi connectivity index (χ1v) is 7.66. The Labute approximate surface area is 121 Å². The van der Waals surface area contributed by atoms with Crippen LogP contribution < -0.4 is 10.6 Å². The topological polar surface area (TPSA) is 78.4 Å². The van der Waals surface area contributed by atoms with Gasteiger partial charge in [0, 0.05) is 6.04 Å². The lowest BCUT2D eigenvalue weighted by molar-refractivity contribution is -0.144. The minimum Gasteiger partial charge on any atom is -0.480 e. The molecule has 0 heterocycles. The van der Waals surface area contributed by atoms with Gasteiger partial charge in [-0.15, -0.1) is 0 Å². The van der Waals surface area contributed by atoms with Crippen LogP contribution in [0.2, 0.25) is 0 Å². The summed E-state index contributed by atoms with van der Waals surface area (Å²) in [7, 11) is 0. The summed E-state index contributed by atoms with van der Waals surface area (Å²) < 4.78 is 0. The molecular weight excluding hydrogens is 256 g/mol. The normalized spacial score (nSPS) is 28.7. The maximum Gasteiger partial charge on any atom is 0.329 e. The number of carboxylic acids is 1. The summed E-state index contributed by atoms with van der Waals surface area (Å²) in [5.41, 5.74) is -1.19. The maximum absolute atomic E-state index is 12.0. The van der Waals surface area contributed by atoms with E-state index in [0.29, 0.717) is 24.7 Å². The second-order valence-corrected chi connectivity index (χ2v) is 6.20. The van der Waals surface area contributed by atoms with Gasteiger partial charge in [-0.2, -0.15) is 0 Å². The standard InChI is InChI=1S/C15H28N2O3/c1-5-9-15(4,13(18)19)17-14(20)16-12-8-7-11(6-2)10(12)3/h10-12H,5-9H2,1-4H3,(H,18,19)(H2,16,17,20). The first-order chi connectivity index (χ1) is 9.34. The van der Waals surface area contributed by atoms with Crippen LogP contribution in [0.15, 0.2) is 0 Å². The predicted molar refractivity (Wildman–Crippen MR) is 78.6 cm³/mol. The van der Waals surface area contributed by atoms with Crippen LogP contribution in [0.4, 0.5) is 4.79 Å². The second kappa shape index (κ2) is 6.95. The van der Waals surface area contributed by atoms with Gasteiger partial charge in [-0.25, -0.2) is 9.59 Å². The largest absolute Gasteiger partial charge is 0.480 e. The van der Waals surface area contributed by atoms with Gasteiger partial charge >= 0.3 is 12.0 Å². The quantitative estimate of drug-likeness (QED) is 0.701. The Balaban J connectivity index is 2.57. The van der Waals surface area contributed by atoms with Gasteiger partial charge in [0.05, 0.1) is 0 Å². The molecule has 4 atom stereocenters. The smallest absolute Gasteiger partial charge is 0.329 e. The highest BCUT2D eigenvalue weighted by Crippen LogP contribution is 2.33. The molecule has 0 aliphatic heterocycles. The third-order valence-electron chi connectivity index (χ3n) is 4.68. The Morgan fingerprint density at radius 2 is 1.95 bits per heavy atom. The fraction of sp³-hybridized carbons (Fsp3) is 0.867. The number of amides is 2. The molecule has 1 aliphatic carbocycles. The molecule has 5 heteroatoms. The van der Waals surface area contributed by atoms with E-state index >= 15 is 0 Å². The van der Waals surface area contributed by atoms with E-state index in [9.17, 15) is 14.7 Å². The van der Waals surface area contributed by atoms with E-state index in [-0.39, 0.29) is 12.1 Å². The van der Waals surface area contributed by atoms with Gasteiger partial charge in [-0.05, 0) is 38.0 Å². The molecule has 5 nitrogen and oxygen atoms in total. The summed E-state index contributed by atoms with van der Waals surface area (Å²) in [5, 5.41) is 14.8. The zero-order valence-electron chi connectivity index (χ0n) is 13.0. The molecule has 0 aromatic carbocycles. The van der Waals surface area contributed by atoms with Crippen molar-refractivity contribution in [1.29, 1.82) is 0 Å². The fourth-order valence-electron chi connectivity index (χ4n) is 3.21. The van der Waals surface area contributed by atoms with Crippen LogP contribution in [0.25, 0.3) is 0 Å². The van der Waals surface area contributed by atoms with Crippen LogP contribution in [0, 0.1) is 11.8 Å². The molecule has 3 N–H and O–H groups in total. The van der Waals surface area contributed by atoms with Crippen molar-refractivity contribution < 1.29 is 14.7 Å². The van der Waals surface area contributed by atoms with Crippen molar-refractivity contribution in [2.75, 3.05) is 0 Å². The monoisotopic (exact) mass is 284 g/mol. The Kier molecular flexibility index (Phi) is 5.84. The van der Waals surface area contributed by atoms with Gasteiger partial charge in [-0.1, -0.05) is 33.6 Å². The Morgan fingerprint density at radius 1 is 1.30 bits per heavy atom. The lowest BCUT2D eigenvalue weighted by Crippen LogP contribution is -2.56. The zero-order chi connectivity index (χ0) is 15.3. The maximum atomic E-state index is 12.0. The summed E-state index contributed by atoms with van der Waals surface area (Å²) in [4.78, 5) is 23.4. The molecular formula is C15H28N2O3. The molecule has 1 fully saturated rings.